The molecule has 1 aliphatic heterocycles. The van der Waals surface area contributed by atoms with Gasteiger partial charge in [0.25, 0.3) is 0 Å². The van der Waals surface area contributed by atoms with Crippen molar-refractivity contribution in [1.82, 2.24) is 10.3 Å². The van der Waals surface area contributed by atoms with Gasteiger partial charge in [-0.05, 0) is 17.7 Å². The van der Waals surface area contributed by atoms with E-state index in [4.69, 9.17) is 0 Å². The second-order valence-electron chi connectivity index (χ2n) is 3.30. The maximum absolute atomic E-state index is 12.7. The van der Waals surface area contributed by atoms with Crippen molar-refractivity contribution < 1.29 is 9.50 Å². The molecule has 0 fully saturated rings. The van der Waals surface area contributed by atoms with E-state index in [1.807, 2.05) is 0 Å². The van der Waals surface area contributed by atoms with Crippen LogP contribution in [0, 0.1) is 5.82 Å². The number of aliphatic hydroxyl groups is 1. The van der Waals surface area contributed by atoms with Crippen LogP contribution in [0.5, 0.6) is 0 Å². The van der Waals surface area contributed by atoms with Crippen LogP contribution in [0.25, 0.3) is 0 Å². The molecule has 0 bridgehead atoms. The van der Waals surface area contributed by atoms with Crippen molar-refractivity contribution in [2.75, 3.05) is 13.3 Å². The van der Waals surface area contributed by atoms with Gasteiger partial charge in [0.05, 0.1) is 12.6 Å². The molecule has 0 saturated carbocycles. The summed E-state index contributed by atoms with van der Waals surface area (Å²) in [4.78, 5) is 0. The lowest BCUT2D eigenvalue weighted by molar-refractivity contribution is 0.134. The molecule has 0 aliphatic carbocycles. The number of benzene rings is 1. The van der Waals surface area contributed by atoms with Gasteiger partial charge in [0, 0.05) is 0 Å². The number of rotatable bonds is 3. The van der Waals surface area contributed by atoms with Crippen LogP contribution in [-0.2, 0) is 0 Å². The summed E-state index contributed by atoms with van der Waals surface area (Å²) in [6.07, 6.45) is 1.58. The molecule has 0 aromatic heterocycles. The highest BCUT2D eigenvalue weighted by Gasteiger charge is 2.19. The van der Waals surface area contributed by atoms with Gasteiger partial charge in [-0.3, -0.25) is 5.01 Å². The van der Waals surface area contributed by atoms with Crippen molar-refractivity contribution in [2.24, 2.45) is 5.10 Å². The normalized spacial score (nSPS) is 16.5. The molecule has 0 saturated heterocycles. The largest absolute Gasteiger partial charge is 0.394 e. The minimum absolute atomic E-state index is 0.0509. The summed E-state index contributed by atoms with van der Waals surface area (Å²) in [6, 6.07) is 5.85. The Labute approximate surface area is 87.0 Å². The van der Waals surface area contributed by atoms with Crippen molar-refractivity contribution >= 4 is 6.34 Å². The number of halogens is 1. The monoisotopic (exact) mass is 209 g/mol. The van der Waals surface area contributed by atoms with E-state index in [-0.39, 0.29) is 18.5 Å². The fraction of sp³-hybridized carbons (Fsp3) is 0.300. The first kappa shape index (κ1) is 9.92. The molecule has 1 aromatic carbocycles. The summed E-state index contributed by atoms with van der Waals surface area (Å²) in [5, 5.41) is 18.0. The number of hydrogen-bond acceptors (Lipinski definition) is 4. The highest BCUT2D eigenvalue weighted by atomic mass is 19.1. The Balaban J connectivity index is 2.18. The van der Waals surface area contributed by atoms with Gasteiger partial charge in [-0.15, -0.1) is 0 Å². The van der Waals surface area contributed by atoms with Crippen LogP contribution in [0.1, 0.15) is 11.6 Å². The maximum Gasteiger partial charge on any atom is 0.123 e. The molecule has 2 rings (SSSR count). The number of hydrogen-bond donors (Lipinski definition) is 2. The average Bonchev–Trinajstić information content (AvgIpc) is 2.75. The molecular formula is C10H12FN3O. The SMILES string of the molecule is OCC(c1ccc(F)cc1)N1CNC=N1. The third-order valence-electron chi connectivity index (χ3n) is 2.34. The van der Waals surface area contributed by atoms with Crippen molar-refractivity contribution in [1.29, 1.82) is 0 Å². The van der Waals surface area contributed by atoms with Crippen molar-refractivity contribution in [3.63, 3.8) is 0 Å². The van der Waals surface area contributed by atoms with Crippen molar-refractivity contribution in [2.45, 2.75) is 6.04 Å². The molecule has 1 aromatic rings. The predicted molar refractivity (Wildman–Crippen MR) is 54.6 cm³/mol. The van der Waals surface area contributed by atoms with Crippen LogP contribution in [0.3, 0.4) is 0 Å². The topological polar surface area (TPSA) is 47.9 Å². The van der Waals surface area contributed by atoms with Crippen molar-refractivity contribution in [3.05, 3.63) is 35.6 Å². The molecule has 0 amide bonds. The number of hydrazone groups is 1. The smallest absolute Gasteiger partial charge is 0.123 e. The second-order valence-corrected chi connectivity index (χ2v) is 3.30. The summed E-state index contributed by atoms with van der Waals surface area (Å²) in [5.74, 6) is -0.279. The molecule has 2 N–H and O–H groups in total. The van der Waals surface area contributed by atoms with Gasteiger partial charge in [-0.1, -0.05) is 12.1 Å². The van der Waals surface area contributed by atoms with E-state index in [2.05, 4.69) is 10.4 Å². The molecule has 80 valence electrons. The van der Waals surface area contributed by atoms with Crippen LogP contribution in [0.15, 0.2) is 29.4 Å². The third-order valence-corrected chi connectivity index (χ3v) is 2.34. The van der Waals surface area contributed by atoms with Crippen molar-refractivity contribution in [3.8, 4) is 0 Å². The first-order valence-electron chi connectivity index (χ1n) is 4.70. The summed E-state index contributed by atoms with van der Waals surface area (Å²) in [7, 11) is 0. The fourth-order valence-corrected chi connectivity index (χ4v) is 1.54. The number of nitrogens with one attached hydrogen (secondary N) is 1. The van der Waals surface area contributed by atoms with Crippen LogP contribution in [0.4, 0.5) is 4.39 Å². The van der Waals surface area contributed by atoms with Gasteiger partial charge < -0.3 is 10.4 Å². The Morgan fingerprint density at radius 1 is 1.47 bits per heavy atom. The molecule has 15 heavy (non-hydrogen) atoms. The predicted octanol–water partition coefficient (Wildman–Crippen LogP) is 0.665. The molecule has 5 heteroatoms. The lowest BCUT2D eigenvalue weighted by Crippen LogP contribution is -2.28. The van der Waals surface area contributed by atoms with E-state index in [1.165, 1.54) is 12.1 Å². The van der Waals surface area contributed by atoms with Crippen LogP contribution in [-0.4, -0.2) is 29.7 Å². The molecular weight excluding hydrogens is 197 g/mol. The fourth-order valence-electron chi connectivity index (χ4n) is 1.54. The van der Waals surface area contributed by atoms with Gasteiger partial charge in [0.15, 0.2) is 0 Å². The van der Waals surface area contributed by atoms with Gasteiger partial charge >= 0.3 is 0 Å². The first-order chi connectivity index (χ1) is 7.31. The van der Waals surface area contributed by atoms with Crippen LogP contribution in [0.2, 0.25) is 0 Å². The van der Waals surface area contributed by atoms with Gasteiger partial charge in [-0.25, -0.2) is 4.39 Å². The number of nitrogens with zero attached hydrogens (tertiary/aromatic N) is 2. The summed E-state index contributed by atoms with van der Waals surface area (Å²) >= 11 is 0. The molecule has 4 nitrogen and oxygen atoms in total. The van der Waals surface area contributed by atoms with Crippen LogP contribution >= 0.6 is 0 Å². The van der Waals surface area contributed by atoms with Crippen LogP contribution < -0.4 is 5.32 Å². The Morgan fingerprint density at radius 2 is 2.20 bits per heavy atom. The maximum atomic E-state index is 12.7. The Morgan fingerprint density at radius 3 is 2.73 bits per heavy atom. The lowest BCUT2D eigenvalue weighted by Gasteiger charge is -2.23. The zero-order valence-electron chi connectivity index (χ0n) is 8.10. The minimum Gasteiger partial charge on any atom is -0.394 e. The third kappa shape index (κ3) is 2.07. The zero-order chi connectivity index (χ0) is 10.7. The molecule has 0 radical (unpaired) electrons. The zero-order valence-corrected chi connectivity index (χ0v) is 8.10. The molecule has 1 heterocycles. The highest BCUT2D eigenvalue weighted by Crippen LogP contribution is 2.21. The highest BCUT2D eigenvalue weighted by molar-refractivity contribution is 5.55. The Hall–Kier alpha value is -1.62. The first-order valence-corrected chi connectivity index (χ1v) is 4.70. The van der Waals surface area contributed by atoms with E-state index in [0.29, 0.717) is 6.67 Å². The van der Waals surface area contributed by atoms with E-state index in [9.17, 15) is 9.50 Å². The molecule has 0 spiro atoms. The molecule has 1 unspecified atom stereocenters. The standard InChI is InChI=1S/C10H12FN3O/c11-9-3-1-8(2-4-9)10(5-15)14-7-12-6-13-14/h1-4,6,10,15H,5,7H2,(H,12,13). The van der Waals surface area contributed by atoms with E-state index < -0.39 is 0 Å². The van der Waals surface area contributed by atoms with E-state index in [0.717, 1.165) is 5.56 Å². The lowest BCUT2D eigenvalue weighted by atomic mass is 10.1. The van der Waals surface area contributed by atoms with Gasteiger partial charge in [0.1, 0.15) is 18.8 Å². The summed E-state index contributed by atoms with van der Waals surface area (Å²) in [6.45, 7) is 0.507. The average molecular weight is 209 g/mol. The molecule has 1 atom stereocenters. The Bertz CT molecular complexity index is 352. The Kier molecular flexibility index (Phi) is 2.82. The van der Waals surface area contributed by atoms with E-state index >= 15 is 0 Å². The molecule has 1 aliphatic rings. The van der Waals surface area contributed by atoms with Gasteiger partial charge in [0.2, 0.25) is 0 Å². The second kappa shape index (κ2) is 4.27. The van der Waals surface area contributed by atoms with E-state index in [1.54, 1.807) is 23.5 Å². The summed E-state index contributed by atoms with van der Waals surface area (Å²) in [5.41, 5.74) is 0.847. The minimum atomic E-state index is -0.279. The van der Waals surface area contributed by atoms with Gasteiger partial charge in [-0.2, -0.15) is 5.10 Å². The number of aliphatic hydroxyl groups excluding tert-OH is 1. The quantitative estimate of drug-likeness (QED) is 0.769. The summed E-state index contributed by atoms with van der Waals surface area (Å²) < 4.78 is 12.7.